The Hall–Kier alpha value is -1.59. The summed E-state index contributed by atoms with van der Waals surface area (Å²) in [5, 5.41) is 3.21. The molecule has 3 nitrogen and oxygen atoms in total. The van der Waals surface area contributed by atoms with Gasteiger partial charge in [0.15, 0.2) is 0 Å². The highest BCUT2D eigenvalue weighted by molar-refractivity contribution is 9.10. The van der Waals surface area contributed by atoms with Gasteiger partial charge in [0.25, 0.3) is 0 Å². The highest BCUT2D eigenvalue weighted by Gasteiger charge is 2.08. The van der Waals surface area contributed by atoms with Gasteiger partial charge in [-0.3, -0.25) is 4.79 Å². The first-order valence-electron chi connectivity index (χ1n) is 7.09. The van der Waals surface area contributed by atoms with E-state index in [1.807, 2.05) is 13.0 Å². The number of benzene rings is 2. The largest absolute Gasteiger partial charge is 0.493 e. The molecule has 0 aromatic heterocycles. The molecule has 122 valence electrons. The minimum atomic E-state index is -0.472. The number of carbonyl (C=O) groups is 1. The van der Waals surface area contributed by atoms with Crippen molar-refractivity contribution in [1.82, 2.24) is 0 Å². The molecule has 6 heteroatoms. The number of anilines is 1. The lowest BCUT2D eigenvalue weighted by Crippen LogP contribution is -2.13. The van der Waals surface area contributed by atoms with Gasteiger partial charge in [-0.15, -0.1) is 0 Å². The number of aryl methyl sites for hydroxylation is 1. The fourth-order valence-electron chi connectivity index (χ4n) is 1.99. The summed E-state index contributed by atoms with van der Waals surface area (Å²) >= 11 is 9.05. The first kappa shape index (κ1) is 17.8. The van der Waals surface area contributed by atoms with Crippen molar-refractivity contribution in [1.29, 1.82) is 0 Å². The number of hydrogen-bond acceptors (Lipinski definition) is 2. The number of carbonyl (C=O) groups excluding carboxylic acids is 1. The third-order valence-corrected chi connectivity index (χ3v) is 3.88. The Morgan fingerprint density at radius 2 is 2.09 bits per heavy atom. The molecule has 0 bridgehead atoms. The Labute approximate surface area is 147 Å². The molecule has 2 aromatic carbocycles. The maximum absolute atomic E-state index is 13.6. The van der Waals surface area contributed by atoms with Crippen LogP contribution in [0.25, 0.3) is 0 Å². The van der Waals surface area contributed by atoms with Gasteiger partial charge in [-0.25, -0.2) is 4.39 Å². The predicted molar refractivity (Wildman–Crippen MR) is 93.6 cm³/mol. The van der Waals surface area contributed by atoms with Gasteiger partial charge in [-0.1, -0.05) is 27.5 Å². The summed E-state index contributed by atoms with van der Waals surface area (Å²) in [4.78, 5) is 11.8. The molecule has 0 saturated heterocycles. The van der Waals surface area contributed by atoms with E-state index in [1.165, 1.54) is 12.1 Å². The summed E-state index contributed by atoms with van der Waals surface area (Å²) in [6, 6.07) is 9.87. The van der Waals surface area contributed by atoms with Crippen LogP contribution in [0.3, 0.4) is 0 Å². The highest BCUT2D eigenvalue weighted by atomic mass is 79.9. The number of rotatable bonds is 6. The molecule has 1 amide bonds. The fourth-order valence-corrected chi connectivity index (χ4v) is 2.55. The van der Waals surface area contributed by atoms with E-state index in [1.54, 1.807) is 18.2 Å². The van der Waals surface area contributed by atoms with Crippen molar-refractivity contribution in [3.63, 3.8) is 0 Å². The molecule has 0 heterocycles. The Morgan fingerprint density at radius 1 is 1.30 bits per heavy atom. The average Bonchev–Trinajstić information content (AvgIpc) is 2.48. The zero-order valence-corrected chi connectivity index (χ0v) is 14.9. The zero-order chi connectivity index (χ0) is 16.8. The van der Waals surface area contributed by atoms with Gasteiger partial charge in [-0.05, 0) is 55.3 Å². The van der Waals surface area contributed by atoms with Gasteiger partial charge in [0.05, 0.1) is 12.3 Å². The quantitative estimate of drug-likeness (QED) is 0.664. The summed E-state index contributed by atoms with van der Waals surface area (Å²) in [7, 11) is 0. The SMILES string of the molecule is Cc1cc(Cl)ccc1OCCCC(=O)Nc1ccc(Br)cc1F. The smallest absolute Gasteiger partial charge is 0.224 e. The second-order valence-corrected chi connectivity index (χ2v) is 6.39. The van der Waals surface area contributed by atoms with Crippen LogP contribution in [0.15, 0.2) is 40.9 Å². The molecule has 0 atom stereocenters. The second kappa shape index (κ2) is 8.31. The van der Waals surface area contributed by atoms with E-state index in [-0.39, 0.29) is 18.0 Å². The summed E-state index contributed by atoms with van der Waals surface area (Å²) in [5.41, 5.74) is 1.12. The van der Waals surface area contributed by atoms with Gasteiger partial charge in [0.1, 0.15) is 11.6 Å². The molecule has 0 spiro atoms. The van der Waals surface area contributed by atoms with Gasteiger partial charge in [0.2, 0.25) is 5.91 Å². The van der Waals surface area contributed by atoms with Crippen LogP contribution in [0.5, 0.6) is 5.75 Å². The van der Waals surface area contributed by atoms with Crippen LogP contribution in [-0.4, -0.2) is 12.5 Å². The van der Waals surface area contributed by atoms with Crippen molar-refractivity contribution < 1.29 is 13.9 Å². The van der Waals surface area contributed by atoms with E-state index in [2.05, 4.69) is 21.2 Å². The van der Waals surface area contributed by atoms with E-state index in [0.29, 0.717) is 22.5 Å². The Kier molecular flexibility index (Phi) is 6.42. The molecule has 1 N–H and O–H groups in total. The summed E-state index contributed by atoms with van der Waals surface area (Å²) in [6.45, 7) is 2.31. The van der Waals surface area contributed by atoms with Crippen molar-refractivity contribution >= 4 is 39.1 Å². The Balaban J connectivity index is 1.76. The third-order valence-electron chi connectivity index (χ3n) is 3.15. The molecule has 0 radical (unpaired) electrons. The molecular formula is C17H16BrClFNO2. The minimum absolute atomic E-state index is 0.174. The molecule has 23 heavy (non-hydrogen) atoms. The standard InChI is InChI=1S/C17H16BrClFNO2/c1-11-9-13(19)5-7-16(11)23-8-2-3-17(22)21-15-6-4-12(18)10-14(15)20/h4-7,9-10H,2-3,8H2,1H3,(H,21,22). The monoisotopic (exact) mass is 399 g/mol. The normalized spacial score (nSPS) is 10.4. The number of ether oxygens (including phenoxy) is 1. The van der Waals surface area contributed by atoms with Crippen LogP contribution in [-0.2, 0) is 4.79 Å². The molecule has 2 aromatic rings. The van der Waals surface area contributed by atoms with Gasteiger partial charge < -0.3 is 10.1 Å². The fraction of sp³-hybridized carbons (Fsp3) is 0.235. The Morgan fingerprint density at radius 3 is 2.78 bits per heavy atom. The number of hydrogen-bond donors (Lipinski definition) is 1. The van der Waals surface area contributed by atoms with Crippen molar-refractivity contribution in [2.45, 2.75) is 19.8 Å². The van der Waals surface area contributed by atoms with Gasteiger partial charge in [0, 0.05) is 15.9 Å². The summed E-state index contributed by atoms with van der Waals surface area (Å²) in [5.74, 6) is 0.0252. The molecule has 0 aliphatic heterocycles. The lowest BCUT2D eigenvalue weighted by molar-refractivity contribution is -0.116. The van der Waals surface area contributed by atoms with E-state index in [0.717, 1.165) is 11.3 Å². The first-order valence-corrected chi connectivity index (χ1v) is 8.26. The lowest BCUT2D eigenvalue weighted by Gasteiger charge is -2.10. The lowest BCUT2D eigenvalue weighted by atomic mass is 10.2. The molecule has 0 aliphatic rings. The van der Waals surface area contributed by atoms with Gasteiger partial charge >= 0.3 is 0 Å². The summed E-state index contributed by atoms with van der Waals surface area (Å²) in [6.07, 6.45) is 0.786. The molecular weight excluding hydrogens is 385 g/mol. The topological polar surface area (TPSA) is 38.3 Å². The number of halogens is 3. The molecule has 0 fully saturated rings. The number of amides is 1. The molecule has 2 rings (SSSR count). The van der Waals surface area contributed by atoms with Crippen molar-refractivity contribution in [3.8, 4) is 5.75 Å². The molecule has 0 saturated carbocycles. The minimum Gasteiger partial charge on any atom is -0.493 e. The zero-order valence-electron chi connectivity index (χ0n) is 12.5. The maximum atomic E-state index is 13.6. The van der Waals surface area contributed by atoms with E-state index < -0.39 is 5.82 Å². The Bertz CT molecular complexity index is 709. The van der Waals surface area contributed by atoms with Crippen LogP contribution in [0.2, 0.25) is 5.02 Å². The average molecular weight is 401 g/mol. The highest BCUT2D eigenvalue weighted by Crippen LogP contribution is 2.22. The van der Waals surface area contributed by atoms with Crippen LogP contribution >= 0.6 is 27.5 Å². The predicted octanol–water partition coefficient (Wildman–Crippen LogP) is 5.35. The third kappa shape index (κ3) is 5.52. The van der Waals surface area contributed by atoms with E-state index >= 15 is 0 Å². The molecule has 0 aliphatic carbocycles. The molecule has 0 unspecified atom stereocenters. The van der Waals surface area contributed by atoms with Crippen LogP contribution < -0.4 is 10.1 Å². The first-order chi connectivity index (χ1) is 11.0. The van der Waals surface area contributed by atoms with Crippen molar-refractivity contribution in [2.75, 3.05) is 11.9 Å². The summed E-state index contributed by atoms with van der Waals surface area (Å²) < 4.78 is 19.9. The van der Waals surface area contributed by atoms with Gasteiger partial charge in [-0.2, -0.15) is 0 Å². The van der Waals surface area contributed by atoms with Crippen LogP contribution in [0.1, 0.15) is 18.4 Å². The maximum Gasteiger partial charge on any atom is 0.224 e. The second-order valence-electron chi connectivity index (χ2n) is 5.03. The van der Waals surface area contributed by atoms with E-state index in [4.69, 9.17) is 16.3 Å². The van der Waals surface area contributed by atoms with E-state index in [9.17, 15) is 9.18 Å². The number of nitrogens with one attached hydrogen (secondary N) is 1. The van der Waals surface area contributed by atoms with Crippen molar-refractivity contribution in [2.24, 2.45) is 0 Å². The van der Waals surface area contributed by atoms with Crippen molar-refractivity contribution in [3.05, 3.63) is 57.3 Å². The van der Waals surface area contributed by atoms with Crippen LogP contribution in [0, 0.1) is 12.7 Å². The van der Waals surface area contributed by atoms with Crippen LogP contribution in [0.4, 0.5) is 10.1 Å².